The average Bonchev–Trinajstić information content (AvgIpc) is 3.45. The summed E-state index contributed by atoms with van der Waals surface area (Å²) in [5.74, 6) is -0.454. The van der Waals surface area contributed by atoms with E-state index in [2.05, 4.69) is 15.6 Å². The van der Waals surface area contributed by atoms with Gasteiger partial charge in [0, 0.05) is 19.7 Å². The molecule has 0 saturated heterocycles. The van der Waals surface area contributed by atoms with E-state index in [-0.39, 0.29) is 17.4 Å². The molecule has 1 aliphatic rings. The zero-order valence-electron chi connectivity index (χ0n) is 14.4. The highest BCUT2D eigenvalue weighted by atomic mass is 32.2. The monoisotopic (exact) mass is 376 g/mol. The Bertz CT molecular complexity index is 879. The van der Waals surface area contributed by atoms with Crippen LogP contribution in [-0.4, -0.2) is 47.5 Å². The number of fused-ring (bicyclic) bond motifs is 1. The third kappa shape index (κ3) is 4.41. The molecule has 26 heavy (non-hydrogen) atoms. The van der Waals surface area contributed by atoms with Crippen LogP contribution in [0.3, 0.4) is 0 Å². The first kappa shape index (κ1) is 18.4. The van der Waals surface area contributed by atoms with Crippen LogP contribution in [0.1, 0.15) is 18.9 Å². The molecule has 1 heterocycles. The lowest BCUT2D eigenvalue weighted by atomic mass is 10.2. The number of nitrogens with one attached hydrogen (secondary N) is 2. The molecule has 1 aromatic carbocycles. The molecule has 3 rings (SSSR count). The smallest absolute Gasteiger partial charge is 0.321 e. The number of carbonyl (C=O) groups is 2. The second-order valence-electron chi connectivity index (χ2n) is 5.90. The molecule has 9 heteroatoms. The maximum absolute atomic E-state index is 12.7. The van der Waals surface area contributed by atoms with Crippen molar-refractivity contribution in [3.05, 3.63) is 34.6 Å². The number of imide groups is 1. The number of para-hydroxylation sites is 1. The first-order valence-electron chi connectivity index (χ1n) is 8.31. The minimum atomic E-state index is -0.571. The van der Waals surface area contributed by atoms with E-state index in [9.17, 15) is 14.4 Å². The lowest BCUT2D eigenvalue weighted by Crippen LogP contribution is -2.41. The summed E-state index contributed by atoms with van der Waals surface area (Å²) in [6.07, 6.45) is 1.86. The van der Waals surface area contributed by atoms with E-state index in [1.165, 1.54) is 7.11 Å². The Labute approximate surface area is 154 Å². The maximum Gasteiger partial charge on any atom is 0.321 e. The number of benzene rings is 1. The van der Waals surface area contributed by atoms with Gasteiger partial charge in [0.2, 0.25) is 5.91 Å². The van der Waals surface area contributed by atoms with Crippen LogP contribution in [0, 0.1) is 0 Å². The number of thioether (sulfide) groups is 1. The Morgan fingerprint density at radius 2 is 2.12 bits per heavy atom. The molecular weight excluding hydrogens is 356 g/mol. The first-order chi connectivity index (χ1) is 12.6. The van der Waals surface area contributed by atoms with Crippen molar-refractivity contribution in [1.29, 1.82) is 0 Å². The van der Waals surface area contributed by atoms with Crippen molar-refractivity contribution >= 4 is 34.6 Å². The quantitative estimate of drug-likeness (QED) is 0.429. The highest BCUT2D eigenvalue weighted by Crippen LogP contribution is 2.36. The van der Waals surface area contributed by atoms with Gasteiger partial charge in [0.25, 0.3) is 5.56 Å². The molecule has 1 fully saturated rings. The van der Waals surface area contributed by atoms with Crippen molar-refractivity contribution in [3.63, 3.8) is 0 Å². The van der Waals surface area contributed by atoms with Crippen LogP contribution in [0.25, 0.3) is 10.9 Å². The number of amides is 3. The number of rotatable bonds is 7. The van der Waals surface area contributed by atoms with Gasteiger partial charge in [-0.15, -0.1) is 0 Å². The van der Waals surface area contributed by atoms with E-state index in [0.717, 1.165) is 24.6 Å². The second-order valence-corrected chi connectivity index (χ2v) is 6.85. The molecule has 1 saturated carbocycles. The molecule has 1 aliphatic carbocycles. The molecule has 0 aliphatic heterocycles. The Balaban J connectivity index is 1.69. The van der Waals surface area contributed by atoms with Gasteiger partial charge in [-0.2, -0.15) is 0 Å². The van der Waals surface area contributed by atoms with Gasteiger partial charge in [-0.05, 0) is 25.0 Å². The second kappa shape index (κ2) is 8.33. The van der Waals surface area contributed by atoms with Crippen LogP contribution in [-0.2, 0) is 9.53 Å². The number of ether oxygens (including phenoxy) is 1. The molecule has 0 spiro atoms. The Hall–Kier alpha value is -2.39. The van der Waals surface area contributed by atoms with Crippen LogP contribution < -0.4 is 16.2 Å². The van der Waals surface area contributed by atoms with E-state index in [0.29, 0.717) is 29.2 Å². The molecular formula is C17H20N4O4S. The van der Waals surface area contributed by atoms with Crippen molar-refractivity contribution in [3.8, 4) is 0 Å². The molecule has 0 radical (unpaired) electrons. The topological polar surface area (TPSA) is 102 Å². The van der Waals surface area contributed by atoms with Gasteiger partial charge in [0.15, 0.2) is 5.16 Å². The number of hydrogen-bond acceptors (Lipinski definition) is 6. The van der Waals surface area contributed by atoms with Gasteiger partial charge < -0.3 is 10.1 Å². The number of hydrogen-bond donors (Lipinski definition) is 2. The van der Waals surface area contributed by atoms with Crippen LogP contribution in [0.5, 0.6) is 0 Å². The van der Waals surface area contributed by atoms with E-state index < -0.39 is 11.9 Å². The predicted molar refractivity (Wildman–Crippen MR) is 98.4 cm³/mol. The van der Waals surface area contributed by atoms with E-state index in [1.54, 1.807) is 16.7 Å². The minimum absolute atomic E-state index is 0.00476. The molecule has 138 valence electrons. The molecule has 0 unspecified atom stereocenters. The normalized spacial score (nSPS) is 13.6. The lowest BCUT2D eigenvalue weighted by Gasteiger charge is -2.12. The summed E-state index contributed by atoms with van der Waals surface area (Å²) in [6, 6.07) is 6.74. The molecule has 3 amide bonds. The van der Waals surface area contributed by atoms with Crippen LogP contribution >= 0.6 is 11.8 Å². The van der Waals surface area contributed by atoms with Crippen LogP contribution in [0.15, 0.2) is 34.2 Å². The summed E-state index contributed by atoms with van der Waals surface area (Å²) in [4.78, 5) is 40.8. The van der Waals surface area contributed by atoms with Crippen molar-refractivity contribution < 1.29 is 14.3 Å². The van der Waals surface area contributed by atoms with Crippen molar-refractivity contribution in [2.75, 3.05) is 26.0 Å². The Kier molecular flexibility index (Phi) is 5.89. The summed E-state index contributed by atoms with van der Waals surface area (Å²) in [6.45, 7) is 0.682. The van der Waals surface area contributed by atoms with Crippen molar-refractivity contribution in [2.24, 2.45) is 0 Å². The fourth-order valence-corrected chi connectivity index (χ4v) is 3.35. The number of carbonyl (C=O) groups excluding carboxylic acids is 2. The third-order valence-electron chi connectivity index (χ3n) is 3.86. The van der Waals surface area contributed by atoms with Gasteiger partial charge in [-0.25, -0.2) is 9.78 Å². The van der Waals surface area contributed by atoms with E-state index >= 15 is 0 Å². The Morgan fingerprint density at radius 1 is 1.35 bits per heavy atom. The van der Waals surface area contributed by atoms with E-state index in [4.69, 9.17) is 4.74 Å². The largest absolute Gasteiger partial charge is 0.383 e. The summed E-state index contributed by atoms with van der Waals surface area (Å²) in [5, 5.41) is 5.83. The molecule has 1 aromatic heterocycles. The molecule has 8 nitrogen and oxygen atoms in total. The summed E-state index contributed by atoms with van der Waals surface area (Å²) < 4.78 is 6.48. The van der Waals surface area contributed by atoms with Crippen molar-refractivity contribution in [2.45, 2.75) is 24.0 Å². The van der Waals surface area contributed by atoms with Gasteiger partial charge in [0.1, 0.15) is 0 Å². The molecule has 2 aromatic rings. The fraction of sp³-hybridized carbons (Fsp3) is 0.412. The van der Waals surface area contributed by atoms with Gasteiger partial charge in [-0.3, -0.25) is 19.5 Å². The summed E-state index contributed by atoms with van der Waals surface area (Å²) in [7, 11) is 1.53. The molecule has 0 bridgehead atoms. The Morgan fingerprint density at radius 3 is 2.85 bits per heavy atom. The number of aromatic nitrogens is 2. The minimum Gasteiger partial charge on any atom is -0.383 e. The molecule has 0 atom stereocenters. The number of urea groups is 1. The summed E-state index contributed by atoms with van der Waals surface area (Å²) in [5.41, 5.74) is 0.521. The maximum atomic E-state index is 12.7. The van der Waals surface area contributed by atoms with Crippen LogP contribution in [0.2, 0.25) is 0 Å². The van der Waals surface area contributed by atoms with Crippen molar-refractivity contribution in [1.82, 2.24) is 20.2 Å². The number of nitrogens with zero attached hydrogens (tertiary/aromatic N) is 2. The zero-order valence-corrected chi connectivity index (χ0v) is 15.2. The van der Waals surface area contributed by atoms with Gasteiger partial charge in [-0.1, -0.05) is 23.9 Å². The lowest BCUT2D eigenvalue weighted by molar-refractivity contribution is -0.117. The van der Waals surface area contributed by atoms with E-state index in [1.807, 2.05) is 12.1 Å². The van der Waals surface area contributed by atoms with Gasteiger partial charge in [0.05, 0.1) is 23.3 Å². The SMILES string of the molecule is COCCNC(=O)NC(=O)CSc1nc2ccccc2c(=O)n1C1CC1. The standard InChI is InChI=1S/C17H20N4O4S/c1-25-9-8-18-16(24)20-14(22)10-26-17-19-13-5-3-2-4-12(13)15(23)21(17)11-6-7-11/h2-5,11H,6-10H2,1H3,(H2,18,20,22,24). The predicted octanol–water partition coefficient (Wildman–Crippen LogP) is 1.30. The summed E-state index contributed by atoms with van der Waals surface area (Å²) >= 11 is 1.16. The van der Waals surface area contributed by atoms with Gasteiger partial charge >= 0.3 is 6.03 Å². The highest BCUT2D eigenvalue weighted by molar-refractivity contribution is 7.99. The number of methoxy groups -OCH3 is 1. The molecule has 2 N–H and O–H groups in total. The zero-order chi connectivity index (χ0) is 18.5. The van der Waals surface area contributed by atoms with Crippen LogP contribution in [0.4, 0.5) is 4.79 Å². The first-order valence-corrected chi connectivity index (χ1v) is 9.29. The highest BCUT2D eigenvalue weighted by Gasteiger charge is 2.28. The average molecular weight is 376 g/mol. The fourth-order valence-electron chi connectivity index (χ4n) is 2.49. The third-order valence-corrected chi connectivity index (χ3v) is 4.82.